The van der Waals surface area contributed by atoms with Crippen LogP contribution in [0.15, 0.2) is 72.8 Å². The SMILES string of the molecule is COc1ccc2c(O[C@@H]3C[C@H]4C(=O)N[C@]5(C(=O)O)C[C@H]5C(C)CCCCCC[C@H](Nc5cc(F)cc(C(F)(F)F)c5)C(=O)N4C3)cc(-c3ccccc3)nc2c1. The first kappa shape index (κ1) is 38.9. The number of fused-ring (bicyclic) bond motifs is 3. The number of rotatable bonds is 7. The quantitative estimate of drug-likeness (QED) is 0.162. The fourth-order valence-corrected chi connectivity index (χ4v) is 8.30. The van der Waals surface area contributed by atoms with E-state index >= 15 is 0 Å². The van der Waals surface area contributed by atoms with Gasteiger partial charge in [-0.3, -0.25) is 9.59 Å². The molecule has 0 radical (unpaired) electrons. The molecule has 296 valence electrons. The summed E-state index contributed by atoms with van der Waals surface area (Å²) in [5.74, 6) is -2.77. The van der Waals surface area contributed by atoms with E-state index < -0.39 is 59.1 Å². The molecule has 3 aliphatic rings. The molecular formula is C42H44F4N4O6. The molecule has 3 fully saturated rings. The fourth-order valence-electron chi connectivity index (χ4n) is 8.30. The fraction of sp³-hybridized carbons (Fsp3) is 0.429. The van der Waals surface area contributed by atoms with Gasteiger partial charge >= 0.3 is 12.1 Å². The summed E-state index contributed by atoms with van der Waals surface area (Å²) in [5, 5.41) is 16.7. The van der Waals surface area contributed by atoms with E-state index in [-0.39, 0.29) is 43.3 Å². The highest BCUT2D eigenvalue weighted by Crippen LogP contribution is 2.50. The monoisotopic (exact) mass is 776 g/mol. The molecular weight excluding hydrogens is 732 g/mol. The molecule has 2 aliphatic heterocycles. The number of carbonyl (C=O) groups excluding carboxylic acids is 2. The number of methoxy groups -OCH3 is 1. The Hall–Kier alpha value is -5.40. The third-order valence-corrected chi connectivity index (χ3v) is 11.4. The largest absolute Gasteiger partial charge is 0.497 e. The predicted octanol–water partition coefficient (Wildman–Crippen LogP) is 7.85. The number of halogens is 4. The van der Waals surface area contributed by atoms with Gasteiger partial charge in [0.25, 0.3) is 0 Å². The molecule has 3 aromatic carbocycles. The van der Waals surface area contributed by atoms with Gasteiger partial charge in [0.15, 0.2) is 0 Å². The first-order valence-corrected chi connectivity index (χ1v) is 19.0. The van der Waals surface area contributed by atoms with E-state index in [0.29, 0.717) is 47.0 Å². The first-order valence-electron chi connectivity index (χ1n) is 19.0. The van der Waals surface area contributed by atoms with Crippen molar-refractivity contribution in [2.24, 2.45) is 11.8 Å². The Balaban J connectivity index is 1.25. The van der Waals surface area contributed by atoms with Crippen LogP contribution in [0.3, 0.4) is 0 Å². The standard InChI is InChI=1S/C42H44F4N4O6/c1-24-10-6-3-4-9-13-33(47-28-17-26(42(44,45)46)16-27(43)18-28)39(52)50-23-30(20-36(50)38(51)49-41(40(53)54)22-32(24)41)56-37-21-34(25-11-7-5-8-12-25)48-35-19-29(55-2)14-15-31(35)37/h5,7-8,11-12,14-19,21,24,30,32-33,36,47H,3-4,6,9-10,13,20,22-23H2,1-2H3,(H,49,51)(H,53,54)/t24?,30-,32+,33+,36+,41-/m1/s1. The van der Waals surface area contributed by atoms with E-state index in [1.54, 1.807) is 31.4 Å². The third kappa shape index (κ3) is 8.10. The van der Waals surface area contributed by atoms with Crippen LogP contribution in [0.5, 0.6) is 11.5 Å². The molecule has 2 saturated heterocycles. The van der Waals surface area contributed by atoms with Crippen LogP contribution in [0.2, 0.25) is 0 Å². The molecule has 2 amide bonds. The molecule has 14 heteroatoms. The molecule has 10 nitrogen and oxygen atoms in total. The lowest BCUT2D eigenvalue weighted by Crippen LogP contribution is -2.55. The smallest absolute Gasteiger partial charge is 0.416 e. The van der Waals surface area contributed by atoms with Crippen molar-refractivity contribution in [3.05, 3.63) is 84.2 Å². The number of carbonyl (C=O) groups is 3. The zero-order valence-electron chi connectivity index (χ0n) is 31.1. The first-order chi connectivity index (χ1) is 26.8. The molecule has 1 aromatic heterocycles. The van der Waals surface area contributed by atoms with Crippen molar-refractivity contribution >= 4 is 34.4 Å². The lowest BCUT2D eigenvalue weighted by Gasteiger charge is -2.30. The molecule has 1 saturated carbocycles. The van der Waals surface area contributed by atoms with E-state index in [4.69, 9.17) is 14.5 Å². The number of anilines is 1. The van der Waals surface area contributed by atoms with Crippen molar-refractivity contribution in [2.75, 3.05) is 19.0 Å². The minimum atomic E-state index is -4.83. The summed E-state index contributed by atoms with van der Waals surface area (Å²) in [7, 11) is 1.55. The highest BCUT2D eigenvalue weighted by atomic mass is 19.4. The lowest BCUT2D eigenvalue weighted by atomic mass is 9.94. The zero-order chi connectivity index (χ0) is 39.8. The summed E-state index contributed by atoms with van der Waals surface area (Å²) in [6.45, 7) is 1.90. The third-order valence-electron chi connectivity index (χ3n) is 11.4. The second kappa shape index (κ2) is 15.6. The minimum absolute atomic E-state index is 0.000952. The number of alkyl halides is 3. The molecule has 3 N–H and O–H groups in total. The van der Waals surface area contributed by atoms with Gasteiger partial charge in [0.1, 0.15) is 41.0 Å². The number of carboxylic acid groups (broad SMARTS) is 1. The number of hydrogen-bond acceptors (Lipinski definition) is 7. The molecule has 1 aliphatic carbocycles. The average molecular weight is 777 g/mol. The van der Waals surface area contributed by atoms with E-state index in [1.165, 1.54) is 4.90 Å². The Kier molecular flexibility index (Phi) is 10.8. The van der Waals surface area contributed by atoms with Crippen molar-refractivity contribution in [3.8, 4) is 22.8 Å². The van der Waals surface area contributed by atoms with Gasteiger partial charge in [-0.1, -0.05) is 69.4 Å². The highest BCUT2D eigenvalue weighted by molar-refractivity contribution is 5.96. The van der Waals surface area contributed by atoms with Gasteiger partial charge in [-0.25, -0.2) is 14.2 Å². The number of pyridine rings is 1. The molecule has 7 rings (SSSR count). The molecule has 0 bridgehead atoms. The number of ether oxygens (including phenoxy) is 2. The summed E-state index contributed by atoms with van der Waals surface area (Å²) >= 11 is 0. The van der Waals surface area contributed by atoms with Crippen molar-refractivity contribution in [1.82, 2.24) is 15.2 Å². The number of aromatic nitrogens is 1. The number of nitrogens with one attached hydrogen (secondary N) is 2. The van der Waals surface area contributed by atoms with Crippen LogP contribution in [-0.4, -0.2) is 70.2 Å². The van der Waals surface area contributed by atoms with Crippen LogP contribution in [0, 0.1) is 17.7 Å². The van der Waals surface area contributed by atoms with Gasteiger partial charge < -0.3 is 30.1 Å². The number of carboxylic acids is 1. The van der Waals surface area contributed by atoms with Gasteiger partial charge in [0.2, 0.25) is 11.8 Å². The van der Waals surface area contributed by atoms with Crippen LogP contribution < -0.4 is 20.1 Å². The predicted molar refractivity (Wildman–Crippen MR) is 201 cm³/mol. The normalized spacial score (nSPS) is 26.0. The summed E-state index contributed by atoms with van der Waals surface area (Å²) in [6.07, 6.45) is -1.54. The maximum atomic E-state index is 14.6. The van der Waals surface area contributed by atoms with Gasteiger partial charge in [-0.2, -0.15) is 13.2 Å². The Morgan fingerprint density at radius 2 is 1.75 bits per heavy atom. The van der Waals surface area contributed by atoms with Crippen molar-refractivity contribution in [3.63, 3.8) is 0 Å². The second-order valence-electron chi connectivity index (χ2n) is 15.2. The van der Waals surface area contributed by atoms with Gasteiger partial charge in [0.05, 0.1) is 30.4 Å². The maximum Gasteiger partial charge on any atom is 0.416 e. The molecule has 3 heterocycles. The van der Waals surface area contributed by atoms with Gasteiger partial charge in [-0.05, 0) is 55.0 Å². The van der Waals surface area contributed by atoms with Crippen LogP contribution in [0.4, 0.5) is 23.2 Å². The Labute approximate surface area is 321 Å². The van der Waals surface area contributed by atoms with Gasteiger partial charge in [0, 0.05) is 35.2 Å². The summed E-state index contributed by atoms with van der Waals surface area (Å²) in [6, 6.07) is 16.3. The zero-order valence-corrected chi connectivity index (χ0v) is 31.1. The summed E-state index contributed by atoms with van der Waals surface area (Å²) < 4.78 is 67.6. The lowest BCUT2D eigenvalue weighted by molar-refractivity contribution is -0.145. The Morgan fingerprint density at radius 1 is 1.00 bits per heavy atom. The molecule has 56 heavy (non-hydrogen) atoms. The van der Waals surface area contributed by atoms with Crippen LogP contribution in [-0.2, 0) is 20.6 Å². The van der Waals surface area contributed by atoms with Gasteiger partial charge in [-0.15, -0.1) is 0 Å². The van der Waals surface area contributed by atoms with E-state index in [1.807, 2.05) is 37.3 Å². The number of amides is 2. The molecule has 4 aromatic rings. The van der Waals surface area contributed by atoms with Crippen molar-refractivity contribution < 1.29 is 46.5 Å². The Morgan fingerprint density at radius 3 is 2.46 bits per heavy atom. The van der Waals surface area contributed by atoms with Crippen molar-refractivity contribution in [2.45, 2.75) is 88.2 Å². The van der Waals surface area contributed by atoms with Crippen LogP contribution in [0.25, 0.3) is 22.2 Å². The number of hydrogen-bond donors (Lipinski definition) is 3. The van der Waals surface area contributed by atoms with E-state index in [2.05, 4.69) is 10.6 Å². The van der Waals surface area contributed by atoms with Crippen LogP contribution in [0.1, 0.15) is 63.9 Å². The molecule has 6 atom stereocenters. The highest BCUT2D eigenvalue weighted by Gasteiger charge is 2.64. The topological polar surface area (TPSA) is 130 Å². The number of aliphatic carboxylic acids is 1. The van der Waals surface area contributed by atoms with Crippen LogP contribution >= 0.6 is 0 Å². The average Bonchev–Trinajstić information content (AvgIpc) is 3.76. The molecule has 0 spiro atoms. The minimum Gasteiger partial charge on any atom is -0.497 e. The van der Waals surface area contributed by atoms with E-state index in [0.717, 1.165) is 37.0 Å². The molecule has 1 unspecified atom stereocenters. The number of nitrogens with zero attached hydrogens (tertiary/aromatic N) is 2. The Bertz CT molecular complexity index is 2120. The second-order valence-corrected chi connectivity index (χ2v) is 15.2. The van der Waals surface area contributed by atoms with Crippen molar-refractivity contribution in [1.29, 1.82) is 0 Å². The van der Waals surface area contributed by atoms with E-state index in [9.17, 15) is 37.1 Å². The maximum absolute atomic E-state index is 14.6. The summed E-state index contributed by atoms with van der Waals surface area (Å²) in [5.41, 5.74) is -0.908. The number of benzene rings is 3. The summed E-state index contributed by atoms with van der Waals surface area (Å²) in [4.78, 5) is 47.8.